The van der Waals surface area contributed by atoms with Gasteiger partial charge in [0.2, 0.25) is 0 Å². The van der Waals surface area contributed by atoms with Gasteiger partial charge in [-0.2, -0.15) is 0 Å². The molecule has 2 aromatic carbocycles. The highest BCUT2D eigenvalue weighted by molar-refractivity contribution is 5.85. The van der Waals surface area contributed by atoms with Crippen molar-refractivity contribution >= 4 is 23.4 Å². The van der Waals surface area contributed by atoms with Gasteiger partial charge in [0.05, 0.1) is 11.9 Å². The van der Waals surface area contributed by atoms with E-state index in [1.165, 1.54) is 6.07 Å². The van der Waals surface area contributed by atoms with Gasteiger partial charge in [0.25, 0.3) is 0 Å². The molecule has 0 saturated carbocycles. The summed E-state index contributed by atoms with van der Waals surface area (Å²) in [5.41, 5.74) is 5.89. The standard InChI is InChI=1S/C18H17NO4.ClH/c19-12-15-10-17(20)16-7-6-14(11-18(16)23-15)22-9-8-21-13-4-2-1-3-5-13;/h1-7,10-11H,8-9,12,19H2;1H. The zero-order chi connectivity index (χ0) is 16.1. The van der Waals surface area contributed by atoms with E-state index in [0.717, 1.165) is 5.75 Å². The summed E-state index contributed by atoms with van der Waals surface area (Å²) in [4.78, 5) is 11.9. The van der Waals surface area contributed by atoms with E-state index in [1.54, 1.807) is 18.2 Å². The predicted octanol–water partition coefficient (Wildman–Crippen LogP) is 3.13. The number of hydrogen-bond acceptors (Lipinski definition) is 5. The molecule has 1 heterocycles. The van der Waals surface area contributed by atoms with Gasteiger partial charge in [-0.15, -0.1) is 12.4 Å². The molecule has 3 rings (SSSR count). The van der Waals surface area contributed by atoms with Crippen LogP contribution in [-0.4, -0.2) is 13.2 Å². The molecule has 126 valence electrons. The third kappa shape index (κ3) is 4.28. The van der Waals surface area contributed by atoms with Crippen LogP contribution < -0.4 is 20.6 Å². The van der Waals surface area contributed by atoms with Gasteiger partial charge in [0, 0.05) is 12.1 Å². The van der Waals surface area contributed by atoms with Crippen molar-refractivity contribution in [3.05, 3.63) is 70.6 Å². The molecule has 0 atom stereocenters. The van der Waals surface area contributed by atoms with Crippen molar-refractivity contribution in [3.8, 4) is 11.5 Å². The molecule has 0 bridgehead atoms. The van der Waals surface area contributed by atoms with Crippen molar-refractivity contribution in [2.75, 3.05) is 13.2 Å². The number of halogens is 1. The molecular weight excluding hydrogens is 330 g/mol. The van der Waals surface area contributed by atoms with Crippen LogP contribution in [0.1, 0.15) is 5.76 Å². The summed E-state index contributed by atoms with van der Waals surface area (Å²) in [7, 11) is 0. The van der Waals surface area contributed by atoms with E-state index >= 15 is 0 Å². The smallest absolute Gasteiger partial charge is 0.193 e. The molecule has 0 fully saturated rings. The van der Waals surface area contributed by atoms with Crippen LogP contribution in [-0.2, 0) is 6.54 Å². The lowest BCUT2D eigenvalue weighted by atomic mass is 10.2. The van der Waals surface area contributed by atoms with E-state index in [2.05, 4.69) is 0 Å². The summed E-state index contributed by atoms with van der Waals surface area (Å²) in [5, 5.41) is 0.509. The predicted molar refractivity (Wildman–Crippen MR) is 95.1 cm³/mol. The Morgan fingerprint density at radius 1 is 0.917 bits per heavy atom. The molecule has 0 aliphatic heterocycles. The Labute approximate surface area is 145 Å². The van der Waals surface area contributed by atoms with Gasteiger partial charge in [0.1, 0.15) is 36.1 Å². The fraction of sp³-hybridized carbons (Fsp3) is 0.167. The highest BCUT2D eigenvalue weighted by Gasteiger charge is 2.05. The lowest BCUT2D eigenvalue weighted by Gasteiger charge is -2.09. The Morgan fingerprint density at radius 2 is 1.62 bits per heavy atom. The maximum atomic E-state index is 11.9. The number of nitrogens with two attached hydrogens (primary N) is 1. The molecule has 24 heavy (non-hydrogen) atoms. The monoisotopic (exact) mass is 347 g/mol. The first kappa shape index (κ1) is 17.8. The molecule has 0 unspecified atom stereocenters. The average Bonchev–Trinajstić information content (AvgIpc) is 2.59. The maximum absolute atomic E-state index is 11.9. The minimum Gasteiger partial charge on any atom is -0.490 e. The van der Waals surface area contributed by atoms with E-state index in [0.29, 0.717) is 35.7 Å². The third-order valence-corrected chi connectivity index (χ3v) is 3.32. The molecule has 0 radical (unpaired) electrons. The third-order valence-electron chi connectivity index (χ3n) is 3.32. The Balaban J connectivity index is 0.00000208. The van der Waals surface area contributed by atoms with Crippen LogP contribution in [0.5, 0.6) is 11.5 Å². The van der Waals surface area contributed by atoms with E-state index in [-0.39, 0.29) is 24.4 Å². The van der Waals surface area contributed by atoms with E-state index in [4.69, 9.17) is 19.6 Å². The summed E-state index contributed by atoms with van der Waals surface area (Å²) < 4.78 is 16.8. The highest BCUT2D eigenvalue weighted by Crippen LogP contribution is 2.19. The van der Waals surface area contributed by atoms with Crippen LogP contribution in [0.4, 0.5) is 0 Å². The highest BCUT2D eigenvalue weighted by atomic mass is 35.5. The van der Waals surface area contributed by atoms with Crippen molar-refractivity contribution in [3.63, 3.8) is 0 Å². The second-order valence-corrected chi connectivity index (χ2v) is 4.95. The van der Waals surface area contributed by atoms with Crippen LogP contribution in [0.3, 0.4) is 0 Å². The van der Waals surface area contributed by atoms with Crippen molar-refractivity contribution in [1.82, 2.24) is 0 Å². The molecule has 1 aromatic heterocycles. The molecule has 0 amide bonds. The van der Waals surface area contributed by atoms with Crippen LogP contribution >= 0.6 is 12.4 Å². The summed E-state index contributed by atoms with van der Waals surface area (Å²) in [6.45, 7) is 0.997. The van der Waals surface area contributed by atoms with Crippen molar-refractivity contribution in [2.45, 2.75) is 6.54 Å². The molecule has 3 aromatic rings. The van der Waals surface area contributed by atoms with Gasteiger partial charge in [0.15, 0.2) is 5.43 Å². The largest absolute Gasteiger partial charge is 0.490 e. The van der Waals surface area contributed by atoms with Crippen molar-refractivity contribution in [1.29, 1.82) is 0 Å². The van der Waals surface area contributed by atoms with E-state index in [9.17, 15) is 4.79 Å². The first-order chi connectivity index (χ1) is 11.3. The SMILES string of the molecule is Cl.NCc1cc(=O)c2ccc(OCCOc3ccccc3)cc2o1. The fourth-order valence-corrected chi connectivity index (χ4v) is 2.21. The first-order valence-corrected chi connectivity index (χ1v) is 7.34. The summed E-state index contributed by atoms with van der Waals surface area (Å²) in [6, 6.07) is 16.1. The first-order valence-electron chi connectivity index (χ1n) is 7.34. The number of rotatable bonds is 6. The zero-order valence-corrected chi connectivity index (χ0v) is 13.8. The Morgan fingerprint density at radius 3 is 2.33 bits per heavy atom. The van der Waals surface area contributed by atoms with Crippen LogP contribution in [0.2, 0.25) is 0 Å². The number of para-hydroxylation sites is 1. The molecule has 5 nitrogen and oxygen atoms in total. The summed E-state index contributed by atoms with van der Waals surface area (Å²) in [6.07, 6.45) is 0. The molecule has 6 heteroatoms. The molecule has 0 saturated heterocycles. The average molecular weight is 348 g/mol. The van der Waals surface area contributed by atoms with Gasteiger partial charge in [-0.25, -0.2) is 0 Å². The van der Waals surface area contributed by atoms with Crippen LogP contribution in [0, 0.1) is 0 Å². The topological polar surface area (TPSA) is 74.7 Å². The second kappa shape index (κ2) is 8.38. The molecule has 0 aliphatic carbocycles. The van der Waals surface area contributed by atoms with Gasteiger partial charge in [-0.3, -0.25) is 4.79 Å². The molecule has 2 N–H and O–H groups in total. The number of ether oxygens (including phenoxy) is 2. The van der Waals surface area contributed by atoms with Gasteiger partial charge in [-0.05, 0) is 24.3 Å². The lowest BCUT2D eigenvalue weighted by molar-refractivity contribution is 0.217. The molecular formula is C18H18ClNO4. The van der Waals surface area contributed by atoms with Gasteiger partial charge < -0.3 is 19.6 Å². The second-order valence-electron chi connectivity index (χ2n) is 4.95. The van der Waals surface area contributed by atoms with Gasteiger partial charge in [-0.1, -0.05) is 18.2 Å². The van der Waals surface area contributed by atoms with Crippen molar-refractivity contribution in [2.24, 2.45) is 5.73 Å². The van der Waals surface area contributed by atoms with E-state index in [1.807, 2.05) is 30.3 Å². The van der Waals surface area contributed by atoms with E-state index < -0.39 is 0 Å². The lowest BCUT2D eigenvalue weighted by Crippen LogP contribution is -2.09. The molecule has 0 aliphatic rings. The Bertz CT molecular complexity index is 849. The quantitative estimate of drug-likeness (QED) is 0.693. The summed E-state index contributed by atoms with van der Waals surface area (Å²) >= 11 is 0. The van der Waals surface area contributed by atoms with Gasteiger partial charge >= 0.3 is 0 Å². The number of hydrogen-bond donors (Lipinski definition) is 1. The normalized spacial score (nSPS) is 10.2. The van der Waals surface area contributed by atoms with Crippen molar-refractivity contribution < 1.29 is 13.9 Å². The Kier molecular flexibility index (Phi) is 6.23. The Hall–Kier alpha value is -2.50. The molecule has 0 spiro atoms. The minimum absolute atomic E-state index is 0. The zero-order valence-electron chi connectivity index (χ0n) is 12.9. The number of benzene rings is 2. The van der Waals surface area contributed by atoms with Crippen LogP contribution in [0.15, 0.2) is 63.8 Å². The fourth-order valence-electron chi connectivity index (χ4n) is 2.21. The summed E-state index contributed by atoms with van der Waals surface area (Å²) in [5.74, 6) is 1.87. The minimum atomic E-state index is -0.106. The maximum Gasteiger partial charge on any atom is 0.193 e. The van der Waals surface area contributed by atoms with Crippen LogP contribution in [0.25, 0.3) is 11.0 Å². The number of fused-ring (bicyclic) bond motifs is 1.